The van der Waals surface area contributed by atoms with Crippen LogP contribution in [-0.4, -0.2) is 18.8 Å². The Balaban J connectivity index is 3.23. The Morgan fingerprint density at radius 2 is 2.00 bits per heavy atom. The molecule has 1 rings (SSSR count). The van der Waals surface area contributed by atoms with Crippen molar-refractivity contribution in [3.63, 3.8) is 0 Å². The zero-order chi connectivity index (χ0) is 12.3. The van der Waals surface area contributed by atoms with Gasteiger partial charge in [-0.15, -0.1) is 0 Å². The summed E-state index contributed by atoms with van der Waals surface area (Å²) in [6.07, 6.45) is -3.34. The number of ketones is 1. The number of hydrogen-bond acceptors (Lipinski definition) is 2. The Hall–Kier alpha value is -1.59. The lowest BCUT2D eigenvalue weighted by Gasteiger charge is -2.08. The molecule has 0 unspecified atom stereocenters. The highest BCUT2D eigenvalue weighted by molar-refractivity contribution is 5.99. The van der Waals surface area contributed by atoms with Crippen molar-refractivity contribution >= 4 is 5.78 Å². The third kappa shape index (κ3) is 2.32. The first-order valence-electron chi connectivity index (χ1n) is 4.42. The van der Waals surface area contributed by atoms with Gasteiger partial charge in [-0.2, -0.15) is 0 Å². The lowest BCUT2D eigenvalue weighted by atomic mass is 10.1. The van der Waals surface area contributed by atoms with E-state index in [2.05, 4.69) is 4.74 Å². The third-order valence-corrected chi connectivity index (χ3v) is 1.80. The van der Waals surface area contributed by atoms with E-state index in [-0.39, 0.29) is 6.61 Å². The van der Waals surface area contributed by atoms with Gasteiger partial charge in [0.05, 0.1) is 12.2 Å². The maximum atomic E-state index is 13.4. The van der Waals surface area contributed by atoms with E-state index in [9.17, 15) is 22.4 Å². The van der Waals surface area contributed by atoms with Crippen molar-refractivity contribution < 1.29 is 27.1 Å². The quantitative estimate of drug-likeness (QED) is 0.593. The fourth-order valence-electron chi connectivity index (χ4n) is 1.12. The fraction of sp³-hybridized carbons (Fsp3) is 0.300. The highest BCUT2D eigenvalue weighted by Gasteiger charge is 2.25. The highest BCUT2D eigenvalue weighted by atomic mass is 19.3. The molecule has 0 fully saturated rings. The van der Waals surface area contributed by atoms with Crippen LogP contribution in [0.25, 0.3) is 0 Å². The van der Waals surface area contributed by atoms with Crippen LogP contribution in [0.1, 0.15) is 17.3 Å². The summed E-state index contributed by atoms with van der Waals surface area (Å²) in [6.45, 7) is 1.43. The zero-order valence-corrected chi connectivity index (χ0v) is 8.27. The van der Waals surface area contributed by atoms with Crippen LogP contribution in [0.4, 0.5) is 17.6 Å². The summed E-state index contributed by atoms with van der Waals surface area (Å²) in [6, 6.07) is 1.38. The number of carbonyl (C=O) groups is 1. The number of Topliss-reactive ketones (excluding diaryl/α,β-unsaturated/α-hetero) is 1. The summed E-state index contributed by atoms with van der Waals surface area (Å²) < 4.78 is 55.1. The van der Waals surface area contributed by atoms with E-state index >= 15 is 0 Å². The average molecular weight is 236 g/mol. The van der Waals surface area contributed by atoms with E-state index in [1.165, 1.54) is 6.92 Å². The Kier molecular flexibility index (Phi) is 3.87. The first-order chi connectivity index (χ1) is 7.49. The molecule has 0 heterocycles. The molecule has 0 aliphatic rings. The number of rotatable bonds is 4. The topological polar surface area (TPSA) is 26.3 Å². The Morgan fingerprint density at radius 3 is 2.50 bits per heavy atom. The first-order valence-corrected chi connectivity index (χ1v) is 4.42. The predicted octanol–water partition coefficient (Wildman–Crippen LogP) is 2.81. The van der Waals surface area contributed by atoms with Crippen molar-refractivity contribution in [1.29, 1.82) is 0 Å². The highest BCUT2D eigenvalue weighted by Crippen LogP contribution is 2.26. The van der Waals surface area contributed by atoms with Gasteiger partial charge in [-0.05, 0) is 19.1 Å². The molecule has 0 amide bonds. The SMILES string of the molecule is CCOc1c(F)ccc(C(=O)C(F)F)c1F. The smallest absolute Gasteiger partial charge is 0.300 e. The van der Waals surface area contributed by atoms with E-state index in [1.54, 1.807) is 0 Å². The molecule has 0 N–H and O–H groups in total. The molecular formula is C10H8F4O2. The van der Waals surface area contributed by atoms with Gasteiger partial charge in [0.25, 0.3) is 0 Å². The molecule has 0 saturated heterocycles. The summed E-state index contributed by atoms with van der Waals surface area (Å²) in [5, 5.41) is 0. The maximum absolute atomic E-state index is 13.4. The maximum Gasteiger partial charge on any atom is 0.300 e. The van der Waals surface area contributed by atoms with Crippen molar-refractivity contribution in [2.45, 2.75) is 13.3 Å². The Labute approximate surface area is 88.8 Å². The Bertz CT molecular complexity index is 404. The second-order valence-electron chi connectivity index (χ2n) is 2.84. The number of hydrogen-bond donors (Lipinski definition) is 0. The minimum absolute atomic E-state index is 0.0415. The second kappa shape index (κ2) is 4.96. The summed E-state index contributed by atoms with van der Waals surface area (Å²) in [5.41, 5.74) is -0.875. The van der Waals surface area contributed by atoms with Crippen molar-refractivity contribution in [3.8, 4) is 5.75 Å². The van der Waals surface area contributed by atoms with Crippen LogP contribution in [0.3, 0.4) is 0 Å². The first kappa shape index (κ1) is 12.5. The summed E-state index contributed by atoms with van der Waals surface area (Å²) in [5.74, 6) is -4.94. The summed E-state index contributed by atoms with van der Waals surface area (Å²) in [7, 11) is 0. The van der Waals surface area contributed by atoms with Crippen molar-refractivity contribution in [2.75, 3.05) is 6.61 Å². The van der Waals surface area contributed by atoms with Crippen molar-refractivity contribution in [3.05, 3.63) is 29.3 Å². The van der Waals surface area contributed by atoms with Gasteiger partial charge in [-0.3, -0.25) is 4.79 Å². The normalized spacial score (nSPS) is 10.6. The minimum Gasteiger partial charge on any atom is -0.488 e. The van der Waals surface area contributed by atoms with Crippen LogP contribution in [0, 0.1) is 11.6 Å². The molecule has 0 aliphatic heterocycles. The summed E-state index contributed by atoms with van der Waals surface area (Å²) >= 11 is 0. The van der Waals surface area contributed by atoms with E-state index < -0.39 is 35.2 Å². The molecule has 0 radical (unpaired) electrons. The van der Waals surface area contributed by atoms with Gasteiger partial charge in [-0.1, -0.05) is 0 Å². The van der Waals surface area contributed by atoms with Gasteiger partial charge in [0.1, 0.15) is 0 Å². The van der Waals surface area contributed by atoms with Crippen LogP contribution >= 0.6 is 0 Å². The molecule has 6 heteroatoms. The van der Waals surface area contributed by atoms with Crippen LogP contribution in [-0.2, 0) is 0 Å². The van der Waals surface area contributed by atoms with E-state index in [4.69, 9.17) is 0 Å². The molecular weight excluding hydrogens is 228 g/mol. The Morgan fingerprint density at radius 1 is 1.38 bits per heavy atom. The van der Waals surface area contributed by atoms with Gasteiger partial charge >= 0.3 is 6.43 Å². The van der Waals surface area contributed by atoms with Gasteiger partial charge < -0.3 is 4.74 Å². The van der Waals surface area contributed by atoms with E-state index in [0.717, 1.165) is 0 Å². The minimum atomic E-state index is -3.34. The van der Waals surface area contributed by atoms with Gasteiger partial charge in [0.2, 0.25) is 5.78 Å². The lowest BCUT2D eigenvalue weighted by Crippen LogP contribution is -2.13. The van der Waals surface area contributed by atoms with Gasteiger partial charge in [-0.25, -0.2) is 17.6 Å². The molecule has 16 heavy (non-hydrogen) atoms. The number of alkyl halides is 2. The molecule has 0 aromatic heterocycles. The molecule has 0 spiro atoms. The van der Waals surface area contributed by atoms with Gasteiger partial charge in [0.15, 0.2) is 17.4 Å². The largest absolute Gasteiger partial charge is 0.488 e. The zero-order valence-electron chi connectivity index (χ0n) is 8.27. The predicted molar refractivity (Wildman–Crippen MR) is 47.9 cm³/mol. The molecule has 1 aromatic rings. The van der Waals surface area contributed by atoms with E-state index in [1.807, 2.05) is 0 Å². The molecule has 88 valence electrons. The molecule has 0 atom stereocenters. The number of carbonyl (C=O) groups excluding carboxylic acids is 1. The number of ether oxygens (including phenoxy) is 1. The monoisotopic (exact) mass is 236 g/mol. The molecule has 0 saturated carbocycles. The molecule has 1 aromatic carbocycles. The lowest BCUT2D eigenvalue weighted by molar-refractivity contribution is 0.0673. The number of halogens is 4. The fourth-order valence-corrected chi connectivity index (χ4v) is 1.12. The third-order valence-electron chi connectivity index (χ3n) is 1.80. The average Bonchev–Trinajstić information content (AvgIpc) is 2.23. The van der Waals surface area contributed by atoms with Crippen LogP contribution in [0.5, 0.6) is 5.75 Å². The number of benzene rings is 1. The van der Waals surface area contributed by atoms with Crippen molar-refractivity contribution in [2.24, 2.45) is 0 Å². The van der Waals surface area contributed by atoms with Crippen LogP contribution < -0.4 is 4.74 Å². The second-order valence-corrected chi connectivity index (χ2v) is 2.84. The standard InChI is InChI=1S/C10H8F4O2/c1-2-16-9-6(11)4-3-5(7(9)12)8(15)10(13)14/h3-4,10H,2H2,1H3. The van der Waals surface area contributed by atoms with E-state index in [0.29, 0.717) is 12.1 Å². The summed E-state index contributed by atoms with van der Waals surface area (Å²) in [4.78, 5) is 10.9. The van der Waals surface area contributed by atoms with Crippen molar-refractivity contribution in [1.82, 2.24) is 0 Å². The molecule has 0 bridgehead atoms. The van der Waals surface area contributed by atoms with Crippen LogP contribution in [0.15, 0.2) is 12.1 Å². The molecule has 2 nitrogen and oxygen atoms in total. The van der Waals surface area contributed by atoms with Gasteiger partial charge in [0, 0.05) is 0 Å². The van der Waals surface area contributed by atoms with Crippen LogP contribution in [0.2, 0.25) is 0 Å². The molecule has 0 aliphatic carbocycles.